The van der Waals surface area contributed by atoms with E-state index in [1.807, 2.05) is 0 Å². The molecule has 106 valence electrons. The van der Waals surface area contributed by atoms with Crippen LogP contribution in [0.1, 0.15) is 58.8 Å². The Balaban J connectivity index is 2.06. The van der Waals surface area contributed by atoms with Crippen molar-refractivity contribution >= 4 is 5.78 Å². The molecule has 0 bridgehead atoms. The molecule has 2 heteroatoms. The van der Waals surface area contributed by atoms with Gasteiger partial charge in [-0.15, -0.1) is 5.73 Å². The standard InChI is InChI=1S/C17H27NO/c1-14-8-3-4-12-17(14)18-13-6-5-10-16(18)11-7-9-15(2)19/h9,11,14,16-17H,3-6,8,10,12-13H2,1-2H3. The molecule has 0 spiro atoms. The zero-order chi connectivity index (χ0) is 13.7. The highest BCUT2D eigenvalue weighted by molar-refractivity contribution is 5.86. The average molecular weight is 261 g/mol. The Kier molecular flexibility index (Phi) is 5.42. The van der Waals surface area contributed by atoms with Crippen molar-refractivity contribution in [1.29, 1.82) is 0 Å². The summed E-state index contributed by atoms with van der Waals surface area (Å²) >= 11 is 0. The first-order valence-corrected chi connectivity index (χ1v) is 7.87. The summed E-state index contributed by atoms with van der Waals surface area (Å²) < 4.78 is 0. The van der Waals surface area contributed by atoms with Crippen LogP contribution in [0.2, 0.25) is 0 Å². The van der Waals surface area contributed by atoms with Gasteiger partial charge in [-0.25, -0.2) is 0 Å². The second kappa shape index (κ2) is 7.07. The van der Waals surface area contributed by atoms with E-state index in [-0.39, 0.29) is 5.78 Å². The Morgan fingerprint density at radius 1 is 1.16 bits per heavy atom. The fourth-order valence-corrected chi connectivity index (χ4v) is 3.64. The number of rotatable bonds is 3. The Hall–Kier alpha value is -0.850. The van der Waals surface area contributed by atoms with Gasteiger partial charge in [0.1, 0.15) is 0 Å². The maximum absolute atomic E-state index is 11.0. The Morgan fingerprint density at radius 2 is 1.89 bits per heavy atom. The molecular formula is C17H27NO. The van der Waals surface area contributed by atoms with Gasteiger partial charge in [-0.05, 0) is 51.1 Å². The van der Waals surface area contributed by atoms with Crippen LogP contribution in [0, 0.1) is 5.92 Å². The first-order valence-electron chi connectivity index (χ1n) is 7.87. The molecule has 1 saturated heterocycles. The van der Waals surface area contributed by atoms with Crippen LogP contribution in [0.15, 0.2) is 17.9 Å². The third-order valence-electron chi connectivity index (χ3n) is 4.66. The van der Waals surface area contributed by atoms with Crippen LogP contribution < -0.4 is 0 Å². The first-order chi connectivity index (χ1) is 9.18. The number of carbonyl (C=O) groups excluding carboxylic acids is 1. The largest absolute Gasteiger partial charge is 0.294 e. The summed E-state index contributed by atoms with van der Waals surface area (Å²) in [5.74, 6) is 0.907. The van der Waals surface area contributed by atoms with E-state index in [1.54, 1.807) is 13.0 Å². The predicted molar refractivity (Wildman–Crippen MR) is 79.1 cm³/mol. The van der Waals surface area contributed by atoms with Gasteiger partial charge in [0.2, 0.25) is 0 Å². The number of hydrogen-bond donors (Lipinski definition) is 0. The molecule has 0 aromatic heterocycles. The van der Waals surface area contributed by atoms with Crippen molar-refractivity contribution in [1.82, 2.24) is 4.90 Å². The van der Waals surface area contributed by atoms with Crippen LogP contribution in [0.3, 0.4) is 0 Å². The van der Waals surface area contributed by atoms with E-state index in [0.29, 0.717) is 6.04 Å². The van der Waals surface area contributed by atoms with Gasteiger partial charge in [-0.3, -0.25) is 9.69 Å². The van der Waals surface area contributed by atoms with Gasteiger partial charge in [-0.2, -0.15) is 0 Å². The normalized spacial score (nSPS) is 32.4. The molecule has 0 N–H and O–H groups in total. The van der Waals surface area contributed by atoms with E-state index >= 15 is 0 Å². The first kappa shape index (κ1) is 14.6. The van der Waals surface area contributed by atoms with Crippen molar-refractivity contribution in [2.24, 2.45) is 5.92 Å². The number of likely N-dealkylation sites (tertiary alicyclic amines) is 1. The number of carbonyl (C=O) groups is 1. The van der Waals surface area contributed by atoms with E-state index in [1.165, 1.54) is 51.5 Å². The van der Waals surface area contributed by atoms with Gasteiger partial charge in [-0.1, -0.05) is 26.2 Å². The third-order valence-corrected chi connectivity index (χ3v) is 4.66. The number of hydrogen-bond acceptors (Lipinski definition) is 2. The number of ketones is 1. The van der Waals surface area contributed by atoms with Crippen LogP contribution in [-0.2, 0) is 4.79 Å². The molecule has 3 unspecified atom stereocenters. The molecule has 1 heterocycles. The van der Waals surface area contributed by atoms with Crippen molar-refractivity contribution in [2.45, 2.75) is 70.9 Å². The minimum absolute atomic E-state index is 0.0876. The topological polar surface area (TPSA) is 20.3 Å². The third kappa shape index (κ3) is 4.06. The zero-order valence-electron chi connectivity index (χ0n) is 12.4. The second-order valence-electron chi connectivity index (χ2n) is 6.22. The lowest BCUT2D eigenvalue weighted by Gasteiger charge is -2.44. The molecule has 3 atom stereocenters. The summed E-state index contributed by atoms with van der Waals surface area (Å²) in [6, 6.07) is 1.24. The molecule has 0 radical (unpaired) electrons. The van der Waals surface area contributed by atoms with E-state index < -0.39 is 0 Å². The lowest BCUT2D eigenvalue weighted by Crippen LogP contribution is -2.49. The SMILES string of the molecule is CC(=O)C=C=CC1CCCCN1C1CCCCC1C. The fourth-order valence-electron chi connectivity index (χ4n) is 3.64. The van der Waals surface area contributed by atoms with Crippen molar-refractivity contribution < 1.29 is 4.79 Å². The highest BCUT2D eigenvalue weighted by Gasteiger charge is 2.32. The van der Waals surface area contributed by atoms with Crippen molar-refractivity contribution in [2.75, 3.05) is 6.54 Å². The molecule has 2 fully saturated rings. The minimum atomic E-state index is 0.0876. The molecule has 1 saturated carbocycles. The van der Waals surface area contributed by atoms with Crippen LogP contribution in [-0.4, -0.2) is 29.3 Å². The quantitative estimate of drug-likeness (QED) is 0.570. The van der Waals surface area contributed by atoms with Gasteiger partial charge in [0.15, 0.2) is 5.78 Å². The molecule has 19 heavy (non-hydrogen) atoms. The summed E-state index contributed by atoms with van der Waals surface area (Å²) in [5, 5.41) is 0. The zero-order valence-corrected chi connectivity index (χ0v) is 12.4. The number of piperidine rings is 1. The molecular weight excluding hydrogens is 234 g/mol. The van der Waals surface area contributed by atoms with E-state index in [2.05, 4.69) is 23.6 Å². The Labute approximate surface area is 117 Å². The second-order valence-corrected chi connectivity index (χ2v) is 6.22. The van der Waals surface area contributed by atoms with Gasteiger partial charge >= 0.3 is 0 Å². The summed E-state index contributed by atoms with van der Waals surface area (Å²) in [5.41, 5.74) is 3.10. The van der Waals surface area contributed by atoms with E-state index in [9.17, 15) is 4.79 Å². The molecule has 1 aliphatic heterocycles. The van der Waals surface area contributed by atoms with Crippen molar-refractivity contribution in [3.8, 4) is 0 Å². The lowest BCUT2D eigenvalue weighted by molar-refractivity contribution is -0.112. The molecule has 2 nitrogen and oxygen atoms in total. The smallest absolute Gasteiger partial charge is 0.160 e. The minimum Gasteiger partial charge on any atom is -0.294 e. The Morgan fingerprint density at radius 3 is 2.63 bits per heavy atom. The molecule has 0 aromatic rings. The molecule has 0 amide bonds. The van der Waals surface area contributed by atoms with E-state index in [0.717, 1.165) is 12.0 Å². The molecule has 2 aliphatic rings. The fraction of sp³-hybridized carbons (Fsp3) is 0.765. The van der Waals surface area contributed by atoms with Crippen LogP contribution in [0.25, 0.3) is 0 Å². The van der Waals surface area contributed by atoms with Crippen LogP contribution >= 0.6 is 0 Å². The summed E-state index contributed by atoms with van der Waals surface area (Å²) in [6.45, 7) is 5.21. The van der Waals surface area contributed by atoms with Crippen LogP contribution in [0.4, 0.5) is 0 Å². The van der Waals surface area contributed by atoms with Crippen LogP contribution in [0.5, 0.6) is 0 Å². The summed E-state index contributed by atoms with van der Waals surface area (Å²) in [6.07, 6.45) is 13.1. The van der Waals surface area contributed by atoms with Gasteiger partial charge in [0, 0.05) is 18.2 Å². The summed E-state index contributed by atoms with van der Waals surface area (Å²) in [7, 11) is 0. The monoisotopic (exact) mass is 261 g/mol. The average Bonchev–Trinajstić information content (AvgIpc) is 2.40. The molecule has 0 aromatic carbocycles. The molecule has 1 aliphatic carbocycles. The maximum atomic E-state index is 11.0. The van der Waals surface area contributed by atoms with Crippen molar-refractivity contribution in [3.05, 3.63) is 17.9 Å². The highest BCUT2D eigenvalue weighted by Crippen LogP contribution is 2.32. The van der Waals surface area contributed by atoms with Gasteiger partial charge in [0.25, 0.3) is 0 Å². The summed E-state index contributed by atoms with van der Waals surface area (Å²) in [4.78, 5) is 13.7. The molecule has 2 rings (SSSR count). The van der Waals surface area contributed by atoms with Crippen molar-refractivity contribution in [3.63, 3.8) is 0 Å². The number of nitrogens with zero attached hydrogens (tertiary/aromatic N) is 1. The van der Waals surface area contributed by atoms with E-state index in [4.69, 9.17) is 0 Å². The predicted octanol–water partition coefficient (Wildman–Crippen LogP) is 3.72. The lowest BCUT2D eigenvalue weighted by atomic mass is 9.83. The highest BCUT2D eigenvalue weighted by atomic mass is 16.1. The van der Waals surface area contributed by atoms with Gasteiger partial charge in [0.05, 0.1) is 0 Å². The maximum Gasteiger partial charge on any atom is 0.160 e. The Bertz CT molecular complexity index is 367. The van der Waals surface area contributed by atoms with Gasteiger partial charge < -0.3 is 0 Å².